The van der Waals surface area contributed by atoms with Gasteiger partial charge in [0, 0.05) is 25.2 Å². The van der Waals surface area contributed by atoms with Crippen molar-refractivity contribution in [1.82, 2.24) is 9.21 Å². The zero-order valence-corrected chi connectivity index (χ0v) is 15.4. The molecule has 0 heterocycles. The van der Waals surface area contributed by atoms with Gasteiger partial charge in [-0.1, -0.05) is 13.3 Å². The SMILES string of the molecule is CCCC(CN(C)C(C)C)CC(C)(C)N(C)S(C)(=O)=O. The number of sulfonamides is 1. The molecule has 0 aliphatic rings. The lowest BCUT2D eigenvalue weighted by Gasteiger charge is -2.38. The molecule has 20 heavy (non-hydrogen) atoms. The maximum atomic E-state index is 11.8. The van der Waals surface area contributed by atoms with Gasteiger partial charge in [0.05, 0.1) is 6.26 Å². The Bertz CT molecular complexity index is 377. The summed E-state index contributed by atoms with van der Waals surface area (Å²) in [6.07, 6.45) is 4.44. The predicted octanol–water partition coefficient (Wildman–Crippen LogP) is 2.80. The van der Waals surface area contributed by atoms with Gasteiger partial charge in [0.25, 0.3) is 0 Å². The summed E-state index contributed by atoms with van der Waals surface area (Å²) in [6.45, 7) is 11.6. The Balaban J connectivity index is 4.89. The smallest absolute Gasteiger partial charge is 0.211 e. The Morgan fingerprint density at radius 2 is 1.65 bits per heavy atom. The van der Waals surface area contributed by atoms with E-state index in [1.807, 2.05) is 13.8 Å². The van der Waals surface area contributed by atoms with Gasteiger partial charge in [-0.2, -0.15) is 4.31 Å². The van der Waals surface area contributed by atoms with Crippen LogP contribution in [-0.4, -0.2) is 56.1 Å². The fourth-order valence-corrected chi connectivity index (χ4v) is 3.54. The molecule has 0 spiro atoms. The van der Waals surface area contributed by atoms with E-state index < -0.39 is 10.0 Å². The molecule has 0 aromatic carbocycles. The molecule has 0 radical (unpaired) electrons. The minimum atomic E-state index is -3.15. The Morgan fingerprint density at radius 1 is 1.15 bits per heavy atom. The molecule has 0 rings (SSSR count). The molecular weight excluding hydrogens is 272 g/mol. The second kappa shape index (κ2) is 7.76. The second-order valence-corrected chi connectivity index (χ2v) is 8.95. The van der Waals surface area contributed by atoms with Crippen LogP contribution in [0.2, 0.25) is 0 Å². The monoisotopic (exact) mass is 306 g/mol. The highest BCUT2D eigenvalue weighted by atomic mass is 32.2. The Morgan fingerprint density at radius 3 is 2.00 bits per heavy atom. The highest BCUT2D eigenvalue weighted by Crippen LogP contribution is 2.27. The molecule has 0 saturated carbocycles. The normalized spacial score (nSPS) is 15.3. The summed E-state index contributed by atoms with van der Waals surface area (Å²) in [5.41, 5.74) is -0.342. The van der Waals surface area contributed by atoms with Crippen LogP contribution in [-0.2, 0) is 10.0 Å². The van der Waals surface area contributed by atoms with Crippen molar-refractivity contribution in [3.63, 3.8) is 0 Å². The van der Waals surface area contributed by atoms with E-state index in [0.717, 1.165) is 25.8 Å². The van der Waals surface area contributed by atoms with Gasteiger partial charge >= 0.3 is 0 Å². The van der Waals surface area contributed by atoms with Gasteiger partial charge in [0.2, 0.25) is 10.0 Å². The number of nitrogens with zero attached hydrogens (tertiary/aromatic N) is 2. The molecule has 5 heteroatoms. The van der Waals surface area contributed by atoms with Gasteiger partial charge in [0.15, 0.2) is 0 Å². The molecule has 1 atom stereocenters. The molecule has 0 amide bonds. The van der Waals surface area contributed by atoms with E-state index in [0.29, 0.717) is 12.0 Å². The van der Waals surface area contributed by atoms with Gasteiger partial charge in [-0.05, 0) is 53.5 Å². The third-order valence-corrected chi connectivity index (χ3v) is 5.75. The van der Waals surface area contributed by atoms with E-state index in [1.54, 1.807) is 7.05 Å². The van der Waals surface area contributed by atoms with Gasteiger partial charge < -0.3 is 4.90 Å². The van der Waals surface area contributed by atoms with Crippen molar-refractivity contribution in [2.45, 2.75) is 65.5 Å². The number of rotatable bonds is 9. The van der Waals surface area contributed by atoms with Crippen LogP contribution in [0.25, 0.3) is 0 Å². The van der Waals surface area contributed by atoms with Crippen molar-refractivity contribution in [3.05, 3.63) is 0 Å². The minimum absolute atomic E-state index is 0.342. The summed E-state index contributed by atoms with van der Waals surface area (Å²) in [6, 6.07) is 0.519. The van der Waals surface area contributed by atoms with Crippen LogP contribution in [0.15, 0.2) is 0 Å². The lowest BCUT2D eigenvalue weighted by molar-refractivity contribution is 0.159. The lowest BCUT2D eigenvalue weighted by atomic mass is 9.87. The van der Waals surface area contributed by atoms with E-state index in [-0.39, 0.29) is 5.54 Å². The maximum absolute atomic E-state index is 11.8. The van der Waals surface area contributed by atoms with E-state index in [9.17, 15) is 8.42 Å². The highest BCUT2D eigenvalue weighted by molar-refractivity contribution is 7.88. The van der Waals surface area contributed by atoms with Crippen LogP contribution < -0.4 is 0 Å². The van der Waals surface area contributed by atoms with Crippen molar-refractivity contribution in [2.75, 3.05) is 26.9 Å². The van der Waals surface area contributed by atoms with Crippen LogP contribution in [0.5, 0.6) is 0 Å². The van der Waals surface area contributed by atoms with E-state index in [4.69, 9.17) is 0 Å². The topological polar surface area (TPSA) is 40.6 Å². The van der Waals surface area contributed by atoms with Gasteiger partial charge in [-0.15, -0.1) is 0 Å². The van der Waals surface area contributed by atoms with Crippen LogP contribution in [0.3, 0.4) is 0 Å². The Hall–Kier alpha value is -0.130. The number of hydrogen-bond donors (Lipinski definition) is 0. The van der Waals surface area contributed by atoms with Crippen molar-refractivity contribution in [3.8, 4) is 0 Å². The molecule has 0 saturated heterocycles. The summed E-state index contributed by atoms with van der Waals surface area (Å²) in [4.78, 5) is 2.34. The first-order valence-electron chi connectivity index (χ1n) is 7.56. The third kappa shape index (κ3) is 6.55. The zero-order chi connectivity index (χ0) is 16.1. The van der Waals surface area contributed by atoms with E-state index >= 15 is 0 Å². The van der Waals surface area contributed by atoms with Gasteiger partial charge in [-0.3, -0.25) is 0 Å². The van der Waals surface area contributed by atoms with Crippen LogP contribution in [0.4, 0.5) is 0 Å². The summed E-state index contributed by atoms with van der Waals surface area (Å²) in [7, 11) is 0.678. The molecule has 0 N–H and O–H groups in total. The lowest BCUT2D eigenvalue weighted by Crippen LogP contribution is -2.47. The summed E-state index contributed by atoms with van der Waals surface area (Å²) in [5, 5.41) is 0. The third-order valence-electron chi connectivity index (χ3n) is 4.26. The van der Waals surface area contributed by atoms with Crippen molar-refractivity contribution >= 4 is 10.0 Å². The zero-order valence-electron chi connectivity index (χ0n) is 14.6. The summed E-state index contributed by atoms with van der Waals surface area (Å²) in [5.74, 6) is 0.520. The van der Waals surface area contributed by atoms with Gasteiger partial charge in [0.1, 0.15) is 0 Å². The summed E-state index contributed by atoms with van der Waals surface area (Å²) >= 11 is 0. The number of hydrogen-bond acceptors (Lipinski definition) is 3. The first-order chi connectivity index (χ1) is 8.91. The molecular formula is C15H34N2O2S. The Labute approximate surface area is 126 Å². The van der Waals surface area contributed by atoms with E-state index in [1.165, 1.54) is 10.6 Å². The first-order valence-corrected chi connectivity index (χ1v) is 9.41. The molecule has 1 unspecified atom stereocenters. The molecule has 0 fully saturated rings. The van der Waals surface area contributed by atoms with Crippen molar-refractivity contribution in [2.24, 2.45) is 5.92 Å². The molecule has 4 nitrogen and oxygen atoms in total. The van der Waals surface area contributed by atoms with Crippen molar-refractivity contribution < 1.29 is 8.42 Å². The van der Waals surface area contributed by atoms with Crippen molar-refractivity contribution in [1.29, 1.82) is 0 Å². The largest absolute Gasteiger partial charge is 0.304 e. The van der Waals surface area contributed by atoms with Crippen LogP contribution in [0.1, 0.15) is 53.9 Å². The maximum Gasteiger partial charge on any atom is 0.211 e. The quantitative estimate of drug-likeness (QED) is 0.658. The molecule has 0 aliphatic carbocycles. The fourth-order valence-electron chi connectivity index (χ4n) is 2.57. The van der Waals surface area contributed by atoms with Crippen LogP contribution >= 0.6 is 0 Å². The minimum Gasteiger partial charge on any atom is -0.304 e. The fraction of sp³-hybridized carbons (Fsp3) is 1.00. The molecule has 0 aromatic heterocycles. The standard InChI is InChI=1S/C15H34N2O2S/c1-9-10-14(12-16(6)13(2)3)11-15(4,5)17(7)20(8,18)19/h13-14H,9-12H2,1-8H3. The molecule has 122 valence electrons. The molecule has 0 aromatic rings. The average molecular weight is 307 g/mol. The summed E-state index contributed by atoms with van der Waals surface area (Å²) < 4.78 is 25.0. The van der Waals surface area contributed by atoms with Gasteiger partial charge in [-0.25, -0.2) is 8.42 Å². The second-order valence-electron chi connectivity index (χ2n) is 6.94. The Kier molecular flexibility index (Phi) is 7.71. The molecule has 0 bridgehead atoms. The van der Waals surface area contributed by atoms with E-state index in [2.05, 4.69) is 32.7 Å². The van der Waals surface area contributed by atoms with Crippen LogP contribution in [0, 0.1) is 5.92 Å². The highest BCUT2D eigenvalue weighted by Gasteiger charge is 2.32. The first kappa shape index (κ1) is 19.9. The molecule has 0 aliphatic heterocycles. The average Bonchev–Trinajstić information content (AvgIpc) is 2.26. The predicted molar refractivity (Wildman–Crippen MR) is 87.5 cm³/mol.